The van der Waals surface area contributed by atoms with Gasteiger partial charge in [0.05, 0.1) is 12.3 Å². The smallest absolute Gasteiger partial charge is 0.237 e. The van der Waals surface area contributed by atoms with Gasteiger partial charge in [-0.25, -0.2) is 4.98 Å². The van der Waals surface area contributed by atoms with Crippen molar-refractivity contribution in [2.45, 2.75) is 12.8 Å². The monoisotopic (exact) mass is 242 g/mol. The van der Waals surface area contributed by atoms with Crippen LogP contribution in [0, 0.1) is 5.92 Å². The lowest BCUT2D eigenvalue weighted by molar-refractivity contribution is 0.290. The van der Waals surface area contributed by atoms with E-state index < -0.39 is 0 Å². The molecule has 0 radical (unpaired) electrons. The van der Waals surface area contributed by atoms with E-state index in [1.807, 2.05) is 0 Å². The molecule has 2 N–H and O–H groups in total. The molecule has 1 aromatic rings. The highest BCUT2D eigenvalue weighted by Crippen LogP contribution is 2.30. The van der Waals surface area contributed by atoms with E-state index in [2.05, 4.69) is 20.9 Å². The number of anilines is 1. The molecule has 1 aliphatic rings. The molecule has 0 aromatic carbocycles. The number of nitrogens with two attached hydrogens (primary N) is 1. The molecule has 0 aliphatic heterocycles. The van der Waals surface area contributed by atoms with Crippen LogP contribution in [0.15, 0.2) is 16.7 Å². The van der Waals surface area contributed by atoms with Crippen molar-refractivity contribution in [2.75, 3.05) is 12.3 Å². The first-order chi connectivity index (χ1) is 6.25. The molecule has 0 unspecified atom stereocenters. The zero-order valence-corrected chi connectivity index (χ0v) is 8.75. The van der Waals surface area contributed by atoms with Crippen LogP contribution in [-0.4, -0.2) is 11.6 Å². The van der Waals surface area contributed by atoms with E-state index in [-0.39, 0.29) is 0 Å². The number of hydrogen-bond donors (Lipinski definition) is 1. The van der Waals surface area contributed by atoms with Crippen LogP contribution < -0.4 is 10.5 Å². The number of aromatic nitrogens is 1. The van der Waals surface area contributed by atoms with Gasteiger partial charge in [0.2, 0.25) is 5.88 Å². The first kappa shape index (κ1) is 8.81. The van der Waals surface area contributed by atoms with Crippen LogP contribution in [0.1, 0.15) is 12.8 Å². The summed E-state index contributed by atoms with van der Waals surface area (Å²) in [4.78, 5) is 4.08. The van der Waals surface area contributed by atoms with Crippen LogP contribution in [0.4, 0.5) is 5.69 Å². The summed E-state index contributed by atoms with van der Waals surface area (Å²) < 4.78 is 6.34. The molecular formula is C9H11BrN2O. The SMILES string of the molecule is Nc1cc(Br)cnc1OCC1CC1. The van der Waals surface area contributed by atoms with E-state index in [9.17, 15) is 0 Å². The van der Waals surface area contributed by atoms with Gasteiger partial charge >= 0.3 is 0 Å². The van der Waals surface area contributed by atoms with E-state index in [0.29, 0.717) is 11.6 Å². The second-order valence-corrected chi connectivity index (χ2v) is 4.22. The first-order valence-corrected chi connectivity index (χ1v) is 5.09. The van der Waals surface area contributed by atoms with Crippen LogP contribution in [0.25, 0.3) is 0 Å². The molecule has 1 fully saturated rings. The Bertz CT molecular complexity index is 312. The van der Waals surface area contributed by atoms with Gasteiger partial charge in [0, 0.05) is 10.7 Å². The second kappa shape index (κ2) is 3.54. The molecule has 1 aromatic heterocycles. The normalized spacial score (nSPS) is 15.8. The van der Waals surface area contributed by atoms with Gasteiger partial charge < -0.3 is 10.5 Å². The Kier molecular flexibility index (Phi) is 2.40. The van der Waals surface area contributed by atoms with Crippen LogP contribution >= 0.6 is 15.9 Å². The Hall–Kier alpha value is -0.770. The molecule has 0 amide bonds. The summed E-state index contributed by atoms with van der Waals surface area (Å²) in [7, 11) is 0. The van der Waals surface area contributed by atoms with E-state index >= 15 is 0 Å². The van der Waals surface area contributed by atoms with Crippen LogP contribution in [0.5, 0.6) is 5.88 Å². The van der Waals surface area contributed by atoms with Crippen molar-refractivity contribution in [3.8, 4) is 5.88 Å². The van der Waals surface area contributed by atoms with Crippen molar-refractivity contribution < 1.29 is 4.74 Å². The molecular weight excluding hydrogens is 232 g/mol. The number of ether oxygens (including phenoxy) is 1. The third-order valence-electron chi connectivity index (χ3n) is 2.00. The summed E-state index contributed by atoms with van der Waals surface area (Å²) in [6.07, 6.45) is 4.24. The van der Waals surface area contributed by atoms with Crippen molar-refractivity contribution in [1.29, 1.82) is 0 Å². The summed E-state index contributed by atoms with van der Waals surface area (Å²) in [5.74, 6) is 1.28. The lowest BCUT2D eigenvalue weighted by atomic mass is 10.4. The molecule has 70 valence electrons. The van der Waals surface area contributed by atoms with Crippen LogP contribution in [0.3, 0.4) is 0 Å². The van der Waals surface area contributed by atoms with Crippen molar-refractivity contribution in [3.05, 3.63) is 16.7 Å². The molecule has 13 heavy (non-hydrogen) atoms. The predicted molar refractivity (Wildman–Crippen MR) is 54.6 cm³/mol. The standard InChI is InChI=1S/C9H11BrN2O/c10-7-3-8(11)9(12-4-7)13-5-6-1-2-6/h3-4,6H,1-2,5,11H2. The maximum absolute atomic E-state index is 5.71. The van der Waals surface area contributed by atoms with E-state index in [1.165, 1.54) is 12.8 Å². The lowest BCUT2D eigenvalue weighted by Gasteiger charge is -2.06. The summed E-state index contributed by atoms with van der Waals surface area (Å²) in [5.41, 5.74) is 6.30. The van der Waals surface area contributed by atoms with Crippen molar-refractivity contribution >= 4 is 21.6 Å². The van der Waals surface area contributed by atoms with Crippen molar-refractivity contribution in [3.63, 3.8) is 0 Å². The quantitative estimate of drug-likeness (QED) is 0.885. The average molecular weight is 243 g/mol. The van der Waals surface area contributed by atoms with Gasteiger partial charge in [0.25, 0.3) is 0 Å². The molecule has 4 heteroatoms. The van der Waals surface area contributed by atoms with Gasteiger partial charge in [0.15, 0.2) is 0 Å². The fourth-order valence-corrected chi connectivity index (χ4v) is 1.39. The van der Waals surface area contributed by atoms with E-state index in [0.717, 1.165) is 17.0 Å². The summed E-state index contributed by atoms with van der Waals surface area (Å²) in [6, 6.07) is 1.80. The molecule has 3 nitrogen and oxygen atoms in total. The Morgan fingerprint density at radius 1 is 1.62 bits per heavy atom. The Labute approximate surface area is 85.4 Å². The zero-order chi connectivity index (χ0) is 9.26. The summed E-state index contributed by atoms with van der Waals surface area (Å²) in [5, 5.41) is 0. The van der Waals surface area contributed by atoms with Crippen molar-refractivity contribution in [2.24, 2.45) is 5.92 Å². The lowest BCUT2D eigenvalue weighted by Crippen LogP contribution is -2.03. The molecule has 0 bridgehead atoms. The van der Waals surface area contributed by atoms with Gasteiger partial charge in [-0.1, -0.05) is 0 Å². The first-order valence-electron chi connectivity index (χ1n) is 4.29. The van der Waals surface area contributed by atoms with Gasteiger partial charge in [-0.15, -0.1) is 0 Å². The molecule has 1 heterocycles. The highest BCUT2D eigenvalue weighted by atomic mass is 79.9. The topological polar surface area (TPSA) is 48.1 Å². The largest absolute Gasteiger partial charge is 0.476 e. The second-order valence-electron chi connectivity index (χ2n) is 3.30. The van der Waals surface area contributed by atoms with Gasteiger partial charge in [-0.2, -0.15) is 0 Å². The van der Waals surface area contributed by atoms with Crippen molar-refractivity contribution in [1.82, 2.24) is 4.98 Å². The molecule has 0 spiro atoms. The average Bonchev–Trinajstić information content (AvgIpc) is 2.86. The number of nitrogen functional groups attached to an aromatic ring is 1. The minimum absolute atomic E-state index is 0.551. The van der Waals surface area contributed by atoms with Crippen LogP contribution in [0.2, 0.25) is 0 Å². The molecule has 0 atom stereocenters. The third-order valence-corrected chi connectivity index (χ3v) is 2.43. The minimum atomic E-state index is 0.551. The fourth-order valence-electron chi connectivity index (χ4n) is 1.04. The number of rotatable bonds is 3. The Morgan fingerprint density at radius 2 is 2.38 bits per heavy atom. The molecule has 1 saturated carbocycles. The Balaban J connectivity index is 2.01. The molecule has 1 aliphatic carbocycles. The summed E-state index contributed by atoms with van der Waals surface area (Å²) in [6.45, 7) is 0.749. The number of nitrogens with zero attached hydrogens (tertiary/aromatic N) is 1. The zero-order valence-electron chi connectivity index (χ0n) is 7.16. The predicted octanol–water partition coefficient (Wildman–Crippen LogP) is 2.22. The van der Waals surface area contributed by atoms with Crippen LogP contribution in [-0.2, 0) is 0 Å². The maximum atomic E-state index is 5.71. The fraction of sp³-hybridized carbons (Fsp3) is 0.444. The highest BCUT2D eigenvalue weighted by molar-refractivity contribution is 9.10. The molecule has 2 rings (SSSR count). The number of pyridine rings is 1. The van der Waals surface area contributed by atoms with Gasteiger partial charge in [0.1, 0.15) is 0 Å². The van der Waals surface area contributed by atoms with E-state index in [4.69, 9.17) is 10.5 Å². The highest BCUT2D eigenvalue weighted by Gasteiger charge is 2.22. The third kappa shape index (κ3) is 2.34. The van der Waals surface area contributed by atoms with Gasteiger partial charge in [-0.05, 0) is 40.8 Å². The Morgan fingerprint density at radius 3 is 3.00 bits per heavy atom. The minimum Gasteiger partial charge on any atom is -0.476 e. The molecule has 0 saturated heterocycles. The van der Waals surface area contributed by atoms with E-state index in [1.54, 1.807) is 12.3 Å². The van der Waals surface area contributed by atoms with Gasteiger partial charge in [-0.3, -0.25) is 0 Å². The number of hydrogen-bond acceptors (Lipinski definition) is 3. The number of halogens is 1. The maximum Gasteiger partial charge on any atom is 0.237 e. The summed E-state index contributed by atoms with van der Waals surface area (Å²) >= 11 is 3.29.